The van der Waals surface area contributed by atoms with E-state index in [9.17, 15) is 9.59 Å². The van der Waals surface area contributed by atoms with Gasteiger partial charge in [0.2, 0.25) is 0 Å². The van der Waals surface area contributed by atoms with E-state index in [1.807, 2.05) is 0 Å². The van der Waals surface area contributed by atoms with Crippen molar-refractivity contribution in [2.45, 2.75) is 38.1 Å². The third kappa shape index (κ3) is 7.69. The second kappa shape index (κ2) is 7.35. The molecule has 6 nitrogen and oxygen atoms in total. The zero-order chi connectivity index (χ0) is 15.2. The molecule has 108 valence electrons. The Balaban J connectivity index is 0.000000711. The van der Waals surface area contributed by atoms with Crippen molar-refractivity contribution in [3.63, 3.8) is 0 Å². The minimum Gasteiger partial charge on any atom is -0.443 e. The third-order valence-corrected chi connectivity index (χ3v) is 1.46. The number of hydrogen-bond acceptors (Lipinski definition) is 5. The van der Waals surface area contributed by atoms with Gasteiger partial charge in [0.1, 0.15) is 10.4 Å². The molecule has 0 aliphatic heterocycles. The van der Waals surface area contributed by atoms with Crippen LogP contribution in [0.3, 0.4) is 0 Å². The van der Waals surface area contributed by atoms with Gasteiger partial charge in [-0.15, -0.1) is 23.2 Å². The van der Waals surface area contributed by atoms with Crippen LogP contribution in [0.4, 0.5) is 10.6 Å². The number of rotatable bonds is 0. The van der Waals surface area contributed by atoms with Crippen LogP contribution in [0.2, 0.25) is 0 Å². The van der Waals surface area contributed by atoms with Gasteiger partial charge in [0.25, 0.3) is 0 Å². The van der Waals surface area contributed by atoms with Crippen LogP contribution in [0.15, 0.2) is 17.2 Å². The Kier molecular flexibility index (Phi) is 6.86. The number of hydrogen-bond donors (Lipinski definition) is 1. The predicted molar refractivity (Wildman–Crippen MR) is 75.7 cm³/mol. The number of ether oxygens (including phenoxy) is 1. The second-order valence-electron chi connectivity index (χ2n) is 4.49. The van der Waals surface area contributed by atoms with E-state index in [2.05, 4.69) is 4.98 Å². The molecular weight excluding hydrogens is 293 g/mol. The van der Waals surface area contributed by atoms with Crippen LogP contribution >= 0.6 is 23.2 Å². The summed E-state index contributed by atoms with van der Waals surface area (Å²) in [6.07, 6.45) is 1.72. The highest BCUT2D eigenvalue weighted by Gasteiger charge is 2.19. The van der Waals surface area contributed by atoms with Crippen molar-refractivity contribution in [2.75, 3.05) is 5.73 Å². The fraction of sp³-hybridized carbons (Fsp3) is 0.545. The summed E-state index contributed by atoms with van der Waals surface area (Å²) in [5.74, 6) is -0.233. The molecule has 0 atom stereocenters. The number of nitrogens with two attached hydrogens (primary N) is 1. The summed E-state index contributed by atoms with van der Waals surface area (Å²) in [6.45, 7) is 6.82. The molecule has 0 aliphatic carbocycles. The van der Waals surface area contributed by atoms with Crippen molar-refractivity contribution in [1.29, 1.82) is 0 Å². The third-order valence-electron chi connectivity index (χ3n) is 1.46. The van der Waals surface area contributed by atoms with Crippen LogP contribution < -0.4 is 11.3 Å². The van der Waals surface area contributed by atoms with Crippen molar-refractivity contribution < 1.29 is 9.53 Å². The summed E-state index contributed by atoms with van der Waals surface area (Å²) < 4.78 is 5.79. The van der Waals surface area contributed by atoms with Crippen LogP contribution in [-0.2, 0) is 4.74 Å². The maximum atomic E-state index is 11.5. The first-order chi connectivity index (χ1) is 8.54. The molecule has 0 radical (unpaired) electrons. The zero-order valence-electron chi connectivity index (χ0n) is 11.2. The quantitative estimate of drug-likeness (QED) is 0.744. The number of aromatic nitrogens is 2. The first-order valence-corrected chi connectivity index (χ1v) is 6.26. The normalized spacial score (nSPS) is 10.7. The molecule has 1 aromatic heterocycles. The Morgan fingerprint density at radius 1 is 1.47 bits per heavy atom. The monoisotopic (exact) mass is 309 g/mol. The molecule has 0 amide bonds. The summed E-state index contributed by atoms with van der Waals surface area (Å²) in [6, 6.07) is 0. The summed E-state index contributed by atoms with van der Waals surface area (Å²) in [4.78, 5) is 26.2. The average molecular weight is 310 g/mol. The standard InChI is InChI=1S/C9H13N3O3.C2H4Cl2/c1-9(2,3)15-8(14)12-5-4-11-6(10)7(12)13;1-2(3)4/h4-5H,1-3H3,(H2,10,11);2H,1H3. The summed E-state index contributed by atoms with van der Waals surface area (Å²) in [7, 11) is 0. The number of nitrogen functional groups attached to an aromatic ring is 1. The van der Waals surface area contributed by atoms with Crippen molar-refractivity contribution in [2.24, 2.45) is 0 Å². The van der Waals surface area contributed by atoms with Gasteiger partial charge in [0.15, 0.2) is 5.82 Å². The molecule has 19 heavy (non-hydrogen) atoms. The summed E-state index contributed by atoms with van der Waals surface area (Å²) in [5, 5.41) is 0. The van der Waals surface area contributed by atoms with Gasteiger partial charge in [-0.3, -0.25) is 4.79 Å². The number of carbonyl (C=O) groups is 1. The molecule has 0 fully saturated rings. The molecule has 1 rings (SSSR count). The van der Waals surface area contributed by atoms with E-state index >= 15 is 0 Å². The molecule has 0 unspecified atom stereocenters. The SMILES string of the molecule is CC(C)(C)OC(=O)n1ccnc(N)c1=O.CC(Cl)Cl. The number of nitrogens with zero attached hydrogens (tertiary/aromatic N) is 2. The number of anilines is 1. The molecular formula is C11H17Cl2N3O3. The number of halogens is 2. The van der Waals surface area contributed by atoms with E-state index < -0.39 is 17.3 Å². The fourth-order valence-electron chi connectivity index (χ4n) is 0.882. The van der Waals surface area contributed by atoms with Crippen LogP contribution in [0.25, 0.3) is 0 Å². The van der Waals surface area contributed by atoms with Gasteiger partial charge >= 0.3 is 11.7 Å². The molecule has 0 aromatic carbocycles. The van der Waals surface area contributed by atoms with Crippen LogP contribution in [0, 0.1) is 0 Å². The predicted octanol–water partition coefficient (Wildman–Crippen LogP) is 2.42. The molecule has 2 N–H and O–H groups in total. The van der Waals surface area contributed by atoms with Crippen molar-refractivity contribution >= 4 is 35.1 Å². The zero-order valence-corrected chi connectivity index (χ0v) is 12.7. The largest absolute Gasteiger partial charge is 0.443 e. The average Bonchev–Trinajstić information content (AvgIpc) is 2.18. The smallest absolute Gasteiger partial charge is 0.421 e. The molecule has 1 aromatic rings. The lowest BCUT2D eigenvalue weighted by Gasteiger charge is -2.19. The van der Waals surface area contributed by atoms with E-state index in [1.54, 1.807) is 27.7 Å². The minimum atomic E-state index is -0.762. The number of carbonyl (C=O) groups excluding carboxylic acids is 1. The Bertz CT molecular complexity index is 478. The lowest BCUT2D eigenvalue weighted by Crippen LogP contribution is -2.34. The van der Waals surface area contributed by atoms with Gasteiger partial charge < -0.3 is 10.5 Å². The molecule has 0 bridgehead atoms. The van der Waals surface area contributed by atoms with E-state index in [4.69, 9.17) is 33.7 Å². The Morgan fingerprint density at radius 3 is 2.37 bits per heavy atom. The van der Waals surface area contributed by atoms with Gasteiger partial charge in [0.05, 0.1) is 0 Å². The Hall–Kier alpha value is -1.27. The van der Waals surface area contributed by atoms with E-state index in [1.165, 1.54) is 12.4 Å². The second-order valence-corrected chi connectivity index (χ2v) is 6.02. The van der Waals surface area contributed by atoms with Gasteiger partial charge in [-0.05, 0) is 27.7 Å². The van der Waals surface area contributed by atoms with E-state index in [0.29, 0.717) is 0 Å². The van der Waals surface area contributed by atoms with Crippen molar-refractivity contribution in [1.82, 2.24) is 9.55 Å². The van der Waals surface area contributed by atoms with E-state index in [-0.39, 0.29) is 10.7 Å². The van der Waals surface area contributed by atoms with Gasteiger partial charge in [0, 0.05) is 12.4 Å². The maximum absolute atomic E-state index is 11.5. The fourth-order valence-corrected chi connectivity index (χ4v) is 0.882. The summed E-state index contributed by atoms with van der Waals surface area (Å²) >= 11 is 10.1. The van der Waals surface area contributed by atoms with Crippen LogP contribution in [-0.4, -0.2) is 26.1 Å². The molecule has 0 saturated heterocycles. The van der Waals surface area contributed by atoms with Crippen molar-refractivity contribution in [3.8, 4) is 0 Å². The summed E-state index contributed by atoms with van der Waals surface area (Å²) in [5.41, 5.74) is 3.94. The maximum Gasteiger partial charge on any atom is 0.421 e. The van der Waals surface area contributed by atoms with Gasteiger partial charge in [-0.25, -0.2) is 14.3 Å². The molecule has 8 heteroatoms. The molecule has 0 aliphatic rings. The Labute approximate surface area is 121 Å². The Morgan fingerprint density at radius 2 is 1.95 bits per heavy atom. The molecule has 0 saturated carbocycles. The first-order valence-electron chi connectivity index (χ1n) is 5.39. The van der Waals surface area contributed by atoms with Gasteiger partial charge in [-0.2, -0.15) is 0 Å². The number of alkyl halides is 2. The molecule has 1 heterocycles. The highest BCUT2D eigenvalue weighted by atomic mass is 35.5. The highest BCUT2D eigenvalue weighted by Crippen LogP contribution is 2.07. The van der Waals surface area contributed by atoms with Gasteiger partial charge in [-0.1, -0.05) is 0 Å². The highest BCUT2D eigenvalue weighted by molar-refractivity contribution is 6.43. The van der Waals surface area contributed by atoms with Crippen LogP contribution in [0.5, 0.6) is 0 Å². The first kappa shape index (κ1) is 17.7. The molecule has 0 spiro atoms. The topological polar surface area (TPSA) is 87.2 Å². The lowest BCUT2D eigenvalue weighted by molar-refractivity contribution is 0.0530. The van der Waals surface area contributed by atoms with Crippen molar-refractivity contribution in [3.05, 3.63) is 22.7 Å². The van der Waals surface area contributed by atoms with E-state index in [0.717, 1.165) is 4.57 Å². The lowest BCUT2D eigenvalue weighted by atomic mass is 10.2. The minimum absolute atomic E-state index is 0.222. The van der Waals surface area contributed by atoms with Crippen LogP contribution in [0.1, 0.15) is 27.7 Å².